The summed E-state index contributed by atoms with van der Waals surface area (Å²) in [6.07, 6.45) is 6.15. The molecule has 1 aromatic rings. The van der Waals surface area contributed by atoms with Gasteiger partial charge < -0.3 is 15.2 Å². The molecular weight excluding hydrogens is 250 g/mol. The highest BCUT2D eigenvalue weighted by Gasteiger charge is 2.15. The molecule has 0 heterocycles. The van der Waals surface area contributed by atoms with Crippen molar-refractivity contribution in [2.45, 2.75) is 64.2 Å². The molecule has 0 radical (unpaired) electrons. The van der Waals surface area contributed by atoms with Gasteiger partial charge in [0.05, 0.1) is 12.2 Å². The summed E-state index contributed by atoms with van der Waals surface area (Å²) in [6.45, 7) is 4.64. The van der Waals surface area contributed by atoms with Gasteiger partial charge in [-0.3, -0.25) is 0 Å². The zero-order valence-corrected chi connectivity index (χ0v) is 12.6. The van der Waals surface area contributed by atoms with Crippen LogP contribution in [-0.2, 0) is 0 Å². The summed E-state index contributed by atoms with van der Waals surface area (Å²) in [6, 6.07) is 8.35. The number of benzene rings is 1. The van der Waals surface area contributed by atoms with Gasteiger partial charge in [0.15, 0.2) is 0 Å². The monoisotopic (exact) mass is 277 g/mol. The second-order valence-electron chi connectivity index (χ2n) is 6.00. The zero-order chi connectivity index (χ0) is 14.4. The highest BCUT2D eigenvalue weighted by Crippen LogP contribution is 2.21. The van der Waals surface area contributed by atoms with Crippen molar-refractivity contribution in [3.63, 3.8) is 0 Å². The van der Waals surface area contributed by atoms with E-state index in [9.17, 15) is 5.11 Å². The van der Waals surface area contributed by atoms with Crippen molar-refractivity contribution in [2.75, 3.05) is 6.54 Å². The van der Waals surface area contributed by atoms with Gasteiger partial charge >= 0.3 is 0 Å². The van der Waals surface area contributed by atoms with Crippen molar-refractivity contribution in [2.24, 2.45) is 0 Å². The van der Waals surface area contributed by atoms with Crippen LogP contribution in [0.2, 0.25) is 0 Å². The van der Waals surface area contributed by atoms with Crippen LogP contribution in [0.5, 0.6) is 5.75 Å². The Hall–Kier alpha value is -1.06. The number of aliphatic hydroxyl groups is 1. The van der Waals surface area contributed by atoms with Crippen LogP contribution in [0.25, 0.3) is 0 Å². The summed E-state index contributed by atoms with van der Waals surface area (Å²) in [7, 11) is 0. The maximum absolute atomic E-state index is 10.3. The topological polar surface area (TPSA) is 41.5 Å². The molecule has 0 aliphatic heterocycles. The number of aliphatic hydroxyl groups excluding tert-OH is 1. The molecule has 3 heteroatoms. The first-order valence-corrected chi connectivity index (χ1v) is 7.83. The fourth-order valence-electron chi connectivity index (χ4n) is 2.77. The summed E-state index contributed by atoms with van der Waals surface area (Å²) in [5.41, 5.74) is 0.923. The smallest absolute Gasteiger partial charge is 0.120 e. The molecule has 1 atom stereocenters. The van der Waals surface area contributed by atoms with E-state index in [2.05, 4.69) is 5.32 Å². The summed E-state index contributed by atoms with van der Waals surface area (Å²) < 4.78 is 5.67. The highest BCUT2D eigenvalue weighted by molar-refractivity contribution is 5.30. The Morgan fingerprint density at radius 3 is 2.70 bits per heavy atom. The Labute approximate surface area is 122 Å². The van der Waals surface area contributed by atoms with Crippen LogP contribution >= 0.6 is 0 Å². The first-order chi connectivity index (χ1) is 9.65. The Morgan fingerprint density at radius 1 is 1.25 bits per heavy atom. The van der Waals surface area contributed by atoms with Gasteiger partial charge in [-0.25, -0.2) is 0 Å². The number of rotatable bonds is 6. The summed E-state index contributed by atoms with van der Waals surface area (Å²) in [4.78, 5) is 0. The van der Waals surface area contributed by atoms with Crippen molar-refractivity contribution in [1.82, 2.24) is 5.32 Å². The molecule has 1 fully saturated rings. The van der Waals surface area contributed by atoms with Crippen molar-refractivity contribution in [1.29, 1.82) is 0 Å². The van der Waals surface area contributed by atoms with Crippen molar-refractivity contribution in [3.05, 3.63) is 29.8 Å². The van der Waals surface area contributed by atoms with E-state index in [-0.39, 0.29) is 6.10 Å². The molecule has 20 heavy (non-hydrogen) atoms. The van der Waals surface area contributed by atoms with Gasteiger partial charge in [0.1, 0.15) is 5.75 Å². The molecule has 112 valence electrons. The molecule has 1 aromatic carbocycles. The standard InChI is InChI=1S/C17H27NO2/c1-13(2)20-16-10-6-7-14(11-16)17(19)12-18-15-8-4-3-5-9-15/h6-7,10-11,13,15,17-19H,3-5,8-9,12H2,1-2H3. The first-order valence-electron chi connectivity index (χ1n) is 7.83. The van der Waals surface area contributed by atoms with Crippen LogP contribution in [0.4, 0.5) is 0 Å². The van der Waals surface area contributed by atoms with Crippen LogP contribution in [0.1, 0.15) is 57.6 Å². The lowest BCUT2D eigenvalue weighted by atomic mass is 9.95. The maximum atomic E-state index is 10.3. The fourth-order valence-corrected chi connectivity index (χ4v) is 2.77. The van der Waals surface area contributed by atoms with Crippen LogP contribution in [0.3, 0.4) is 0 Å². The molecule has 0 saturated heterocycles. The van der Waals surface area contributed by atoms with Crippen molar-refractivity contribution in [3.8, 4) is 5.75 Å². The van der Waals surface area contributed by atoms with Crippen LogP contribution < -0.4 is 10.1 Å². The third-order valence-electron chi connectivity index (χ3n) is 3.82. The molecule has 1 aliphatic rings. The Balaban J connectivity index is 1.86. The van der Waals surface area contributed by atoms with Gasteiger partial charge in [0, 0.05) is 12.6 Å². The molecule has 2 N–H and O–H groups in total. The van der Waals surface area contributed by atoms with Gasteiger partial charge in [-0.1, -0.05) is 31.4 Å². The van der Waals surface area contributed by atoms with Gasteiger partial charge in [-0.2, -0.15) is 0 Å². The van der Waals surface area contributed by atoms with E-state index in [0.29, 0.717) is 12.6 Å². The Bertz CT molecular complexity index is 400. The number of hydrogen-bond acceptors (Lipinski definition) is 3. The van der Waals surface area contributed by atoms with E-state index in [1.807, 2.05) is 38.1 Å². The SMILES string of the molecule is CC(C)Oc1cccc(C(O)CNC2CCCCC2)c1. The lowest BCUT2D eigenvalue weighted by Crippen LogP contribution is -2.34. The van der Waals surface area contributed by atoms with Crippen LogP contribution in [-0.4, -0.2) is 23.8 Å². The predicted octanol–water partition coefficient (Wildman–Crippen LogP) is 3.43. The minimum Gasteiger partial charge on any atom is -0.491 e. The van der Waals surface area contributed by atoms with Gasteiger partial charge in [0.25, 0.3) is 0 Å². The van der Waals surface area contributed by atoms with E-state index in [4.69, 9.17) is 4.74 Å². The van der Waals surface area contributed by atoms with Crippen LogP contribution in [0.15, 0.2) is 24.3 Å². The third-order valence-corrected chi connectivity index (χ3v) is 3.82. The molecule has 2 rings (SSSR count). The molecule has 1 aliphatic carbocycles. The lowest BCUT2D eigenvalue weighted by Gasteiger charge is -2.24. The van der Waals surface area contributed by atoms with Gasteiger partial charge in [-0.05, 0) is 44.4 Å². The summed E-state index contributed by atoms with van der Waals surface area (Å²) >= 11 is 0. The number of nitrogens with one attached hydrogen (secondary N) is 1. The van der Waals surface area contributed by atoms with E-state index in [1.165, 1.54) is 32.1 Å². The molecule has 1 saturated carbocycles. The van der Waals surface area contributed by atoms with E-state index in [0.717, 1.165) is 11.3 Å². The third kappa shape index (κ3) is 4.80. The zero-order valence-electron chi connectivity index (χ0n) is 12.6. The second-order valence-corrected chi connectivity index (χ2v) is 6.00. The average Bonchev–Trinajstić information content (AvgIpc) is 2.45. The molecule has 0 amide bonds. The molecule has 3 nitrogen and oxygen atoms in total. The average molecular weight is 277 g/mol. The highest BCUT2D eigenvalue weighted by atomic mass is 16.5. The van der Waals surface area contributed by atoms with Gasteiger partial charge in [0.2, 0.25) is 0 Å². The minimum atomic E-state index is -0.465. The summed E-state index contributed by atoms with van der Waals surface area (Å²) in [5, 5.41) is 13.8. The van der Waals surface area contributed by atoms with E-state index in [1.54, 1.807) is 0 Å². The quantitative estimate of drug-likeness (QED) is 0.837. The number of hydrogen-bond donors (Lipinski definition) is 2. The molecule has 0 bridgehead atoms. The first kappa shape index (κ1) is 15.3. The van der Waals surface area contributed by atoms with E-state index < -0.39 is 6.10 Å². The lowest BCUT2D eigenvalue weighted by molar-refractivity contribution is 0.164. The Kier molecular flexibility index (Phi) is 5.86. The number of ether oxygens (including phenoxy) is 1. The molecule has 0 aromatic heterocycles. The van der Waals surface area contributed by atoms with Crippen LogP contribution in [0, 0.1) is 0 Å². The maximum Gasteiger partial charge on any atom is 0.120 e. The minimum absolute atomic E-state index is 0.155. The Morgan fingerprint density at radius 2 is 2.00 bits per heavy atom. The predicted molar refractivity (Wildman–Crippen MR) is 82.0 cm³/mol. The summed E-state index contributed by atoms with van der Waals surface area (Å²) in [5.74, 6) is 0.828. The fraction of sp³-hybridized carbons (Fsp3) is 0.647. The van der Waals surface area contributed by atoms with Crippen molar-refractivity contribution >= 4 is 0 Å². The van der Waals surface area contributed by atoms with Crippen molar-refractivity contribution < 1.29 is 9.84 Å². The molecule has 1 unspecified atom stereocenters. The largest absolute Gasteiger partial charge is 0.491 e. The molecular formula is C17H27NO2. The van der Waals surface area contributed by atoms with E-state index >= 15 is 0 Å². The normalized spacial score (nSPS) is 18.2. The van der Waals surface area contributed by atoms with Gasteiger partial charge in [-0.15, -0.1) is 0 Å². The molecule has 0 spiro atoms. The second kappa shape index (κ2) is 7.65.